The molecule has 0 saturated heterocycles. The van der Waals surface area contributed by atoms with Crippen LogP contribution in [0.2, 0.25) is 0 Å². The molecule has 11 heteroatoms. The number of nitrogens with two attached hydrogens (primary N) is 1. The summed E-state index contributed by atoms with van der Waals surface area (Å²) in [6.45, 7) is 0. The quantitative estimate of drug-likeness (QED) is 0.410. The number of nitrogens with zero attached hydrogens (tertiary/aromatic N) is 4. The van der Waals surface area contributed by atoms with Crippen molar-refractivity contribution in [3.05, 3.63) is 82.8 Å². The van der Waals surface area contributed by atoms with E-state index in [0.29, 0.717) is 40.1 Å². The van der Waals surface area contributed by atoms with E-state index in [1.807, 2.05) is 54.6 Å². The van der Waals surface area contributed by atoms with Crippen molar-refractivity contribution in [3.8, 4) is 11.8 Å². The van der Waals surface area contributed by atoms with E-state index in [1.165, 1.54) is 23.1 Å². The van der Waals surface area contributed by atoms with Crippen LogP contribution in [0.25, 0.3) is 0 Å². The molecule has 0 radical (unpaired) electrons. The lowest BCUT2D eigenvalue weighted by Gasteiger charge is -2.38. The Labute approximate surface area is 228 Å². The van der Waals surface area contributed by atoms with Crippen molar-refractivity contribution < 1.29 is 14.3 Å². The molecule has 3 N–H and O–H groups in total. The number of nitrogens with one attached hydrogen (secondary N) is 1. The number of methoxy groups -OCH3 is 1. The molecule has 2 heterocycles. The summed E-state index contributed by atoms with van der Waals surface area (Å²) in [5.41, 5.74) is 9.72. The first-order valence-electron chi connectivity index (χ1n) is 11.9. The van der Waals surface area contributed by atoms with Crippen molar-refractivity contribution in [3.63, 3.8) is 0 Å². The number of thioether (sulfide) groups is 1. The maximum Gasteiger partial charge on any atom is 0.234 e. The highest BCUT2D eigenvalue weighted by Gasteiger charge is 2.41. The molecule has 1 atom stereocenters. The van der Waals surface area contributed by atoms with Crippen LogP contribution in [0.4, 0.5) is 10.8 Å². The van der Waals surface area contributed by atoms with Gasteiger partial charge in [0.2, 0.25) is 11.0 Å². The molecule has 1 amide bonds. The highest BCUT2D eigenvalue weighted by atomic mass is 32.2. The van der Waals surface area contributed by atoms with Crippen LogP contribution >= 0.6 is 23.1 Å². The van der Waals surface area contributed by atoms with E-state index in [1.54, 1.807) is 12.0 Å². The van der Waals surface area contributed by atoms with Crippen LogP contribution in [0.15, 0.2) is 81.6 Å². The largest absolute Gasteiger partial charge is 0.497 e. The molecule has 1 unspecified atom stereocenters. The molecule has 2 aliphatic rings. The molecule has 2 aromatic carbocycles. The number of benzene rings is 2. The van der Waals surface area contributed by atoms with Crippen molar-refractivity contribution in [2.75, 3.05) is 23.1 Å². The van der Waals surface area contributed by atoms with Gasteiger partial charge in [-0.2, -0.15) is 5.26 Å². The third-order valence-corrected chi connectivity index (χ3v) is 8.38. The molecule has 3 aromatic rings. The number of carbonyl (C=O) groups is 2. The number of ketones is 1. The number of para-hydroxylation sites is 1. The number of allylic oxidation sites excluding steroid dienone is 3. The van der Waals surface area contributed by atoms with E-state index in [9.17, 15) is 14.9 Å². The van der Waals surface area contributed by atoms with Crippen LogP contribution in [-0.4, -0.2) is 34.8 Å². The Morgan fingerprint density at radius 3 is 2.68 bits per heavy atom. The summed E-state index contributed by atoms with van der Waals surface area (Å²) in [5, 5.41) is 22.0. The Bertz CT molecular complexity index is 1470. The van der Waals surface area contributed by atoms with Gasteiger partial charge in [-0.1, -0.05) is 53.4 Å². The third-order valence-electron chi connectivity index (χ3n) is 6.33. The maximum absolute atomic E-state index is 13.2. The zero-order valence-electron chi connectivity index (χ0n) is 20.5. The van der Waals surface area contributed by atoms with E-state index in [2.05, 4.69) is 21.6 Å². The number of anilines is 2. The first kappa shape index (κ1) is 25.5. The molecular weight excluding hydrogens is 520 g/mol. The van der Waals surface area contributed by atoms with Gasteiger partial charge < -0.3 is 15.8 Å². The average molecular weight is 545 g/mol. The fraction of sp³-hybridized carbons (Fsp3) is 0.222. The lowest BCUT2D eigenvalue weighted by Crippen LogP contribution is -2.38. The van der Waals surface area contributed by atoms with Gasteiger partial charge in [0.15, 0.2) is 10.1 Å². The molecule has 1 aliphatic carbocycles. The predicted octanol–water partition coefficient (Wildman–Crippen LogP) is 4.58. The predicted molar refractivity (Wildman–Crippen MR) is 147 cm³/mol. The minimum absolute atomic E-state index is 0.00554. The second kappa shape index (κ2) is 11.1. The van der Waals surface area contributed by atoms with Crippen LogP contribution in [0.3, 0.4) is 0 Å². The van der Waals surface area contributed by atoms with Gasteiger partial charge in [0.25, 0.3) is 0 Å². The van der Waals surface area contributed by atoms with Gasteiger partial charge in [0.05, 0.1) is 30.4 Å². The molecule has 38 heavy (non-hydrogen) atoms. The maximum atomic E-state index is 13.2. The zero-order valence-corrected chi connectivity index (χ0v) is 22.1. The summed E-state index contributed by atoms with van der Waals surface area (Å²) in [6, 6.07) is 18.8. The lowest BCUT2D eigenvalue weighted by atomic mass is 9.76. The Morgan fingerprint density at radius 1 is 1.21 bits per heavy atom. The third kappa shape index (κ3) is 5.01. The number of hydrogen-bond donors (Lipinski definition) is 2. The van der Waals surface area contributed by atoms with Crippen molar-refractivity contribution in [1.29, 1.82) is 5.26 Å². The highest BCUT2D eigenvalue weighted by molar-refractivity contribution is 8.01. The van der Waals surface area contributed by atoms with Crippen molar-refractivity contribution in [1.82, 2.24) is 10.2 Å². The SMILES string of the molecule is COc1ccc(C2C(C#N)=C(N)N(c3nnc(SCC(=O)Nc4ccccc4)s3)C3=C2C(=O)CCC3)cc1. The molecular formula is C27H24N6O3S2. The van der Waals surface area contributed by atoms with Crippen molar-refractivity contribution in [2.45, 2.75) is 29.5 Å². The van der Waals surface area contributed by atoms with E-state index < -0.39 is 5.92 Å². The summed E-state index contributed by atoms with van der Waals surface area (Å²) in [6.07, 6.45) is 1.71. The fourth-order valence-corrected chi connectivity index (χ4v) is 6.31. The smallest absolute Gasteiger partial charge is 0.234 e. The van der Waals surface area contributed by atoms with Crippen LogP contribution in [-0.2, 0) is 9.59 Å². The first-order valence-corrected chi connectivity index (χ1v) is 13.7. The summed E-state index contributed by atoms with van der Waals surface area (Å²) < 4.78 is 5.85. The Hall–Kier alpha value is -4.14. The molecule has 0 fully saturated rings. The minimum atomic E-state index is -0.562. The number of rotatable bonds is 7. The van der Waals surface area contributed by atoms with Crippen LogP contribution in [0, 0.1) is 11.3 Å². The lowest BCUT2D eigenvalue weighted by molar-refractivity contribution is -0.116. The van der Waals surface area contributed by atoms with Crippen molar-refractivity contribution in [2.24, 2.45) is 5.73 Å². The van der Waals surface area contributed by atoms with Gasteiger partial charge in [-0.15, -0.1) is 10.2 Å². The van der Waals surface area contributed by atoms with E-state index >= 15 is 0 Å². The van der Waals surface area contributed by atoms with Gasteiger partial charge >= 0.3 is 0 Å². The number of Topliss-reactive ketones (excluding diaryl/α,β-unsaturated/α-hetero) is 1. The Morgan fingerprint density at radius 2 is 1.97 bits per heavy atom. The summed E-state index contributed by atoms with van der Waals surface area (Å²) in [4.78, 5) is 27.3. The minimum Gasteiger partial charge on any atom is -0.497 e. The standard InChI is InChI=1S/C27H24N6O3S2/c1-36-18-12-10-16(11-13-18)23-19(14-28)25(29)33(20-8-5-9-21(34)24(20)23)26-31-32-27(38-26)37-15-22(35)30-17-6-3-2-4-7-17/h2-4,6-7,10-13,23H,5,8-9,15,29H2,1H3,(H,30,35). The fourth-order valence-electron chi connectivity index (χ4n) is 4.63. The number of hydrogen-bond acceptors (Lipinski definition) is 10. The number of ether oxygens (including phenoxy) is 1. The summed E-state index contributed by atoms with van der Waals surface area (Å²) in [5.74, 6) is 0.345. The highest BCUT2D eigenvalue weighted by Crippen LogP contribution is 2.47. The molecule has 5 rings (SSSR count). The number of nitriles is 1. The van der Waals surface area contributed by atoms with Gasteiger partial charge in [0.1, 0.15) is 11.6 Å². The van der Waals surface area contributed by atoms with Crippen molar-refractivity contribution >= 4 is 45.6 Å². The molecule has 9 nitrogen and oxygen atoms in total. The monoisotopic (exact) mass is 544 g/mol. The Kier molecular flexibility index (Phi) is 7.44. The molecule has 1 aliphatic heterocycles. The van der Waals surface area contributed by atoms with Gasteiger partial charge in [-0.05, 0) is 42.7 Å². The van der Waals surface area contributed by atoms with Crippen LogP contribution in [0.1, 0.15) is 30.7 Å². The van der Waals surface area contributed by atoms with E-state index in [-0.39, 0.29) is 28.8 Å². The van der Waals surface area contributed by atoms with Gasteiger partial charge in [-0.3, -0.25) is 14.5 Å². The second-order valence-electron chi connectivity index (χ2n) is 8.64. The number of amides is 1. The summed E-state index contributed by atoms with van der Waals surface area (Å²) in [7, 11) is 1.59. The average Bonchev–Trinajstić information content (AvgIpc) is 3.40. The van der Waals surface area contributed by atoms with Crippen LogP contribution in [0.5, 0.6) is 5.75 Å². The van der Waals surface area contributed by atoms with E-state index in [0.717, 1.165) is 16.9 Å². The first-order chi connectivity index (χ1) is 18.5. The number of aromatic nitrogens is 2. The van der Waals surface area contributed by atoms with Gasteiger partial charge in [-0.25, -0.2) is 0 Å². The molecule has 1 aromatic heterocycles. The number of carbonyl (C=O) groups excluding carboxylic acids is 2. The van der Waals surface area contributed by atoms with Gasteiger partial charge in [0, 0.05) is 23.4 Å². The van der Waals surface area contributed by atoms with Crippen LogP contribution < -0.4 is 20.7 Å². The summed E-state index contributed by atoms with van der Waals surface area (Å²) >= 11 is 2.52. The molecule has 0 bridgehead atoms. The zero-order chi connectivity index (χ0) is 26.6. The molecule has 0 saturated carbocycles. The molecule has 192 valence electrons. The second-order valence-corrected chi connectivity index (χ2v) is 10.8. The topological polar surface area (TPSA) is 134 Å². The van der Waals surface area contributed by atoms with E-state index in [4.69, 9.17) is 10.5 Å². The normalized spacial score (nSPS) is 17.2. The molecule has 0 spiro atoms. The Balaban J connectivity index is 1.43.